The van der Waals surface area contributed by atoms with Gasteiger partial charge in [-0.05, 0) is 101 Å². The fourth-order valence-electron chi connectivity index (χ4n) is 5.92. The summed E-state index contributed by atoms with van der Waals surface area (Å²) in [5, 5.41) is 7.37. The molecule has 6 rings (SSSR count). The Morgan fingerprint density at radius 3 is 2.59 bits per heavy atom. The quantitative estimate of drug-likeness (QED) is 0.167. The number of fused-ring (bicyclic) bond motifs is 2. The first kappa shape index (κ1) is 30.4. The number of carbonyl (C=O) groups excluding carboxylic acids is 1. The Kier molecular flexibility index (Phi) is 8.35. The molecule has 0 unspecified atom stereocenters. The number of esters is 1. The van der Waals surface area contributed by atoms with Gasteiger partial charge in [-0.2, -0.15) is 5.10 Å². The van der Waals surface area contributed by atoms with Crippen molar-refractivity contribution >= 4 is 55.7 Å². The molecule has 0 spiro atoms. The summed E-state index contributed by atoms with van der Waals surface area (Å²) in [6.45, 7) is 9.89. The zero-order valence-electron chi connectivity index (χ0n) is 26.0. The Hall–Kier alpha value is -3.59. The van der Waals surface area contributed by atoms with Crippen LogP contribution in [0, 0.1) is 6.92 Å². The van der Waals surface area contributed by atoms with Gasteiger partial charge in [0.15, 0.2) is 11.8 Å². The number of thiazole rings is 1. The van der Waals surface area contributed by atoms with Crippen molar-refractivity contribution in [2.45, 2.75) is 72.0 Å². The highest BCUT2D eigenvalue weighted by Crippen LogP contribution is 2.45. The van der Waals surface area contributed by atoms with Gasteiger partial charge in [0, 0.05) is 40.3 Å². The lowest BCUT2D eigenvalue weighted by molar-refractivity contribution is -0.166. The van der Waals surface area contributed by atoms with Crippen LogP contribution in [-0.4, -0.2) is 37.9 Å². The number of rotatable bonds is 7. The van der Waals surface area contributed by atoms with Gasteiger partial charge in [-0.25, -0.2) is 19.4 Å². The molecule has 0 bridgehead atoms. The van der Waals surface area contributed by atoms with E-state index >= 15 is 0 Å². The van der Waals surface area contributed by atoms with Crippen molar-refractivity contribution in [2.75, 3.05) is 6.61 Å². The van der Waals surface area contributed by atoms with E-state index in [9.17, 15) is 4.79 Å². The Balaban J connectivity index is 1.57. The summed E-state index contributed by atoms with van der Waals surface area (Å²) < 4.78 is 14.8. The lowest BCUT2D eigenvalue weighted by Gasteiger charge is -2.29. The summed E-state index contributed by atoms with van der Waals surface area (Å²) >= 11 is 7.89. The number of aryl methyl sites for hydroxylation is 2. The molecule has 5 aromatic rings. The van der Waals surface area contributed by atoms with Gasteiger partial charge in [-0.1, -0.05) is 29.8 Å². The summed E-state index contributed by atoms with van der Waals surface area (Å²) in [7, 11) is 1.95. The second kappa shape index (κ2) is 12.1. The molecule has 3 aromatic heterocycles. The molecule has 0 radical (unpaired) electrons. The van der Waals surface area contributed by atoms with Crippen LogP contribution in [0.1, 0.15) is 76.3 Å². The molecule has 7 nitrogen and oxygen atoms in total. The second-order valence-electron chi connectivity index (χ2n) is 12.3. The summed E-state index contributed by atoms with van der Waals surface area (Å²) in [6.07, 6.45) is 7.78. The molecule has 0 saturated heterocycles. The lowest BCUT2D eigenvalue weighted by Crippen LogP contribution is -2.29. The van der Waals surface area contributed by atoms with E-state index in [2.05, 4.69) is 12.1 Å². The second-order valence-corrected chi connectivity index (χ2v) is 13.7. The van der Waals surface area contributed by atoms with Crippen molar-refractivity contribution in [1.82, 2.24) is 19.7 Å². The first-order valence-electron chi connectivity index (χ1n) is 15.1. The van der Waals surface area contributed by atoms with Crippen LogP contribution in [-0.2, 0) is 21.3 Å². The van der Waals surface area contributed by atoms with E-state index in [1.165, 1.54) is 18.4 Å². The van der Waals surface area contributed by atoms with Crippen molar-refractivity contribution in [3.8, 4) is 21.7 Å². The molecule has 2 aromatic carbocycles. The van der Waals surface area contributed by atoms with Crippen LogP contribution in [0.25, 0.3) is 48.5 Å². The Labute approximate surface area is 266 Å². The smallest absolute Gasteiger partial charge is 0.339 e. The number of benzene rings is 2. The minimum Gasteiger partial charge on any atom is -0.464 e. The molecule has 0 aliphatic heterocycles. The molecular formula is C35H37ClN4O3S. The highest BCUT2D eigenvalue weighted by molar-refractivity contribution is 7.22. The van der Waals surface area contributed by atoms with E-state index in [4.69, 9.17) is 36.1 Å². The van der Waals surface area contributed by atoms with Crippen molar-refractivity contribution < 1.29 is 14.3 Å². The molecule has 44 heavy (non-hydrogen) atoms. The van der Waals surface area contributed by atoms with Gasteiger partial charge >= 0.3 is 5.97 Å². The monoisotopic (exact) mass is 628 g/mol. The van der Waals surface area contributed by atoms with Crippen LogP contribution >= 0.6 is 22.9 Å². The first-order chi connectivity index (χ1) is 21.0. The van der Waals surface area contributed by atoms with Gasteiger partial charge < -0.3 is 9.47 Å². The minimum atomic E-state index is -0.921. The molecule has 3 heterocycles. The average molecular weight is 629 g/mol. The maximum atomic E-state index is 13.5. The van der Waals surface area contributed by atoms with E-state index < -0.39 is 17.7 Å². The largest absolute Gasteiger partial charge is 0.464 e. The molecular weight excluding hydrogens is 592 g/mol. The van der Waals surface area contributed by atoms with Gasteiger partial charge in [0.25, 0.3) is 0 Å². The predicted molar refractivity (Wildman–Crippen MR) is 179 cm³/mol. The SMILES string of the molecule is CCOC(=O)[C@@H](OC(C)(C)C)c1c(C)cc2nc(-c3cnc4c(c3)c(C3=CCCCC3)nn4C)sc2c1-c1ccc(Cl)cc1. The minimum absolute atomic E-state index is 0.258. The fourth-order valence-corrected chi connectivity index (χ4v) is 7.15. The van der Waals surface area contributed by atoms with Gasteiger partial charge in [0.05, 0.1) is 28.1 Å². The number of pyridine rings is 1. The number of carbonyl (C=O) groups is 1. The molecule has 0 saturated carbocycles. The molecule has 0 fully saturated rings. The van der Waals surface area contributed by atoms with Crippen molar-refractivity contribution in [3.05, 3.63) is 70.5 Å². The summed E-state index contributed by atoms with van der Waals surface area (Å²) in [4.78, 5) is 23.4. The third kappa shape index (κ3) is 5.91. The number of hydrogen-bond donors (Lipinski definition) is 0. The van der Waals surface area contributed by atoms with Crippen molar-refractivity contribution in [2.24, 2.45) is 7.05 Å². The van der Waals surface area contributed by atoms with E-state index in [0.29, 0.717) is 5.02 Å². The van der Waals surface area contributed by atoms with E-state index in [-0.39, 0.29) is 6.61 Å². The molecule has 0 amide bonds. The van der Waals surface area contributed by atoms with Crippen molar-refractivity contribution in [1.29, 1.82) is 0 Å². The normalized spacial score (nSPS) is 14.7. The third-order valence-corrected chi connectivity index (χ3v) is 9.21. The Bertz CT molecular complexity index is 1900. The average Bonchev–Trinajstić information content (AvgIpc) is 3.56. The molecule has 1 aliphatic carbocycles. The van der Waals surface area contributed by atoms with Crippen LogP contribution in [0.2, 0.25) is 5.02 Å². The summed E-state index contributed by atoms with van der Waals surface area (Å²) in [6, 6.07) is 11.9. The fraction of sp³-hybridized carbons (Fsp3) is 0.371. The summed E-state index contributed by atoms with van der Waals surface area (Å²) in [5.74, 6) is -0.416. The lowest BCUT2D eigenvalue weighted by atomic mass is 9.91. The van der Waals surface area contributed by atoms with E-state index in [0.717, 1.165) is 72.6 Å². The number of halogens is 1. The van der Waals surface area contributed by atoms with E-state index in [1.54, 1.807) is 18.3 Å². The van der Waals surface area contributed by atoms with Gasteiger partial charge in [0.1, 0.15) is 5.01 Å². The maximum Gasteiger partial charge on any atom is 0.339 e. The Morgan fingerprint density at radius 1 is 1.14 bits per heavy atom. The molecule has 1 atom stereocenters. The number of aromatic nitrogens is 4. The summed E-state index contributed by atoms with van der Waals surface area (Å²) in [5.41, 5.74) is 7.82. The zero-order chi connectivity index (χ0) is 31.2. The highest BCUT2D eigenvalue weighted by Gasteiger charge is 2.33. The molecule has 0 N–H and O–H groups in total. The standard InChI is InChI=1S/C35H37ClN4O3S/c1-7-42-34(41)30(43-35(3,4)5)27-20(2)17-26-31(28(27)21-13-15-24(36)16-14-21)44-33(38-26)23-18-25-29(22-11-9-8-10-12-22)39-40(6)32(25)37-19-23/h11,13-19,30H,7-10,12H2,1-6H3/t30-/m0/s1. The van der Waals surface area contributed by atoms with Crippen LogP contribution in [0.5, 0.6) is 0 Å². The molecule has 228 valence electrons. The first-order valence-corrected chi connectivity index (χ1v) is 16.3. The Morgan fingerprint density at radius 2 is 1.91 bits per heavy atom. The van der Waals surface area contributed by atoms with Crippen LogP contribution in [0.3, 0.4) is 0 Å². The predicted octanol–water partition coefficient (Wildman–Crippen LogP) is 9.25. The highest BCUT2D eigenvalue weighted by atomic mass is 35.5. The maximum absolute atomic E-state index is 13.5. The number of allylic oxidation sites excluding steroid dienone is 2. The zero-order valence-corrected chi connectivity index (χ0v) is 27.6. The van der Waals surface area contributed by atoms with Gasteiger partial charge in [0.2, 0.25) is 0 Å². The van der Waals surface area contributed by atoms with Crippen LogP contribution < -0.4 is 0 Å². The van der Waals surface area contributed by atoms with Gasteiger partial charge in [-0.3, -0.25) is 0 Å². The van der Waals surface area contributed by atoms with Crippen LogP contribution in [0.4, 0.5) is 0 Å². The number of hydrogen-bond acceptors (Lipinski definition) is 7. The van der Waals surface area contributed by atoms with E-state index in [1.807, 2.05) is 76.0 Å². The van der Waals surface area contributed by atoms with Gasteiger partial charge in [-0.15, -0.1) is 11.3 Å². The van der Waals surface area contributed by atoms with Crippen molar-refractivity contribution in [3.63, 3.8) is 0 Å². The number of ether oxygens (including phenoxy) is 2. The third-order valence-electron chi connectivity index (χ3n) is 7.82. The number of nitrogens with zero attached hydrogens (tertiary/aromatic N) is 4. The van der Waals surface area contributed by atoms with Crippen LogP contribution in [0.15, 0.2) is 48.7 Å². The molecule has 1 aliphatic rings. The molecule has 9 heteroatoms. The topological polar surface area (TPSA) is 79.1 Å².